The van der Waals surface area contributed by atoms with Crippen molar-refractivity contribution >= 4 is 16.8 Å². The van der Waals surface area contributed by atoms with E-state index in [0.717, 1.165) is 74.8 Å². The molecule has 0 nitrogen and oxygen atoms in total. The maximum Gasteiger partial charge on any atom is 0.247 e. The molecule has 0 aromatic carbocycles. The van der Waals surface area contributed by atoms with Crippen molar-refractivity contribution in [3.8, 4) is 0 Å². The Bertz CT molecular complexity index is 199. The molecule has 122 valence electrons. The molecule has 0 aromatic rings. The normalized spacial score (nSPS) is 12.9. The summed E-state index contributed by atoms with van der Waals surface area (Å²) in [6.07, 6.45) is 5.72. The lowest BCUT2D eigenvalue weighted by Gasteiger charge is -2.24. The molecule has 0 amide bonds. The Kier molecular flexibility index (Phi) is 11.1. The van der Waals surface area contributed by atoms with E-state index in [1.165, 1.54) is 0 Å². The van der Waals surface area contributed by atoms with Gasteiger partial charge in [0.05, 0.1) is 0 Å². The highest BCUT2D eigenvalue weighted by molar-refractivity contribution is 6.73. The van der Waals surface area contributed by atoms with Crippen LogP contribution in [0.2, 0.25) is 36.3 Å². The highest BCUT2D eigenvalue weighted by Gasteiger charge is 2.34. The molecule has 0 bridgehead atoms. The molecular formula is C16H36F2Si2. The van der Waals surface area contributed by atoms with Gasteiger partial charge in [-0.25, -0.2) is 0 Å². The second kappa shape index (κ2) is 10.9. The molecule has 0 heterocycles. The SMILES string of the molecule is CCC[Si](F)(CCC)CCCC[Si](F)(CCC)CCC. The molecule has 0 fully saturated rings. The fraction of sp³-hybridized carbons (Fsp3) is 1.00. The molecule has 0 unspecified atom stereocenters. The average molecular weight is 323 g/mol. The summed E-state index contributed by atoms with van der Waals surface area (Å²) in [4.78, 5) is 0. The van der Waals surface area contributed by atoms with Crippen LogP contribution in [0.5, 0.6) is 0 Å². The summed E-state index contributed by atoms with van der Waals surface area (Å²) in [5.41, 5.74) is 0. The third-order valence-corrected chi connectivity index (χ3v) is 12.4. The van der Waals surface area contributed by atoms with Crippen molar-refractivity contribution in [3.05, 3.63) is 0 Å². The first-order chi connectivity index (χ1) is 9.45. The number of unbranched alkanes of at least 4 members (excludes halogenated alkanes) is 1. The van der Waals surface area contributed by atoms with E-state index in [1.54, 1.807) is 0 Å². The van der Waals surface area contributed by atoms with Gasteiger partial charge in [0, 0.05) is 0 Å². The second-order valence-electron chi connectivity index (χ2n) is 6.51. The lowest BCUT2D eigenvalue weighted by molar-refractivity contribution is 0.669. The summed E-state index contributed by atoms with van der Waals surface area (Å²) in [7, 11) is -4.98. The van der Waals surface area contributed by atoms with E-state index in [9.17, 15) is 8.22 Å². The third kappa shape index (κ3) is 8.55. The minimum atomic E-state index is -2.49. The topological polar surface area (TPSA) is 0 Å². The smallest absolute Gasteiger partial charge is 0.247 e. The Morgan fingerprint density at radius 2 is 0.750 bits per heavy atom. The van der Waals surface area contributed by atoms with Gasteiger partial charge in [-0.15, -0.1) is 0 Å². The summed E-state index contributed by atoms with van der Waals surface area (Å²) in [5, 5.41) is 0. The van der Waals surface area contributed by atoms with Crippen molar-refractivity contribution in [2.45, 2.75) is 102 Å². The van der Waals surface area contributed by atoms with Gasteiger partial charge in [-0.05, 0) is 36.3 Å². The first kappa shape index (κ1) is 20.3. The first-order valence-electron chi connectivity index (χ1n) is 8.83. The average Bonchev–Trinajstić information content (AvgIpc) is 2.36. The van der Waals surface area contributed by atoms with Gasteiger partial charge in [-0.3, -0.25) is 0 Å². The molecule has 0 N–H and O–H groups in total. The van der Waals surface area contributed by atoms with E-state index in [4.69, 9.17) is 0 Å². The summed E-state index contributed by atoms with van der Waals surface area (Å²) < 4.78 is 29.5. The van der Waals surface area contributed by atoms with Crippen LogP contribution in [0.4, 0.5) is 8.22 Å². The van der Waals surface area contributed by atoms with E-state index >= 15 is 0 Å². The molecule has 0 saturated heterocycles. The maximum absolute atomic E-state index is 14.8. The fourth-order valence-corrected chi connectivity index (χ4v) is 10.3. The Morgan fingerprint density at radius 3 is 0.950 bits per heavy atom. The van der Waals surface area contributed by atoms with E-state index in [2.05, 4.69) is 27.7 Å². The Morgan fingerprint density at radius 1 is 0.500 bits per heavy atom. The lowest BCUT2D eigenvalue weighted by Crippen LogP contribution is -2.29. The maximum atomic E-state index is 14.8. The van der Waals surface area contributed by atoms with Gasteiger partial charge in [-0.2, -0.15) is 0 Å². The van der Waals surface area contributed by atoms with E-state index in [-0.39, 0.29) is 0 Å². The Hall–Kier alpha value is 0.294. The number of rotatable bonds is 13. The van der Waals surface area contributed by atoms with Crippen LogP contribution in [-0.4, -0.2) is 16.8 Å². The van der Waals surface area contributed by atoms with Crippen LogP contribution in [-0.2, 0) is 0 Å². The van der Waals surface area contributed by atoms with Crippen molar-refractivity contribution in [2.24, 2.45) is 0 Å². The van der Waals surface area contributed by atoms with Gasteiger partial charge in [0.15, 0.2) is 0 Å². The van der Waals surface area contributed by atoms with Crippen molar-refractivity contribution in [3.63, 3.8) is 0 Å². The molecule has 0 spiro atoms. The zero-order valence-corrected chi connectivity index (χ0v) is 16.2. The summed E-state index contributed by atoms with van der Waals surface area (Å²) in [5.74, 6) is 0. The van der Waals surface area contributed by atoms with Crippen LogP contribution >= 0.6 is 0 Å². The van der Waals surface area contributed by atoms with Crippen molar-refractivity contribution in [1.29, 1.82) is 0 Å². The van der Waals surface area contributed by atoms with Gasteiger partial charge < -0.3 is 8.22 Å². The molecule has 0 saturated carbocycles. The Labute approximate surface area is 128 Å². The predicted octanol–water partition coefficient (Wildman–Crippen LogP) is 7.24. The second-order valence-corrected chi connectivity index (χ2v) is 14.1. The van der Waals surface area contributed by atoms with Gasteiger partial charge in [0.2, 0.25) is 16.8 Å². The van der Waals surface area contributed by atoms with Crippen molar-refractivity contribution in [2.75, 3.05) is 0 Å². The minimum absolute atomic E-state index is 0.775. The van der Waals surface area contributed by atoms with Crippen molar-refractivity contribution in [1.82, 2.24) is 0 Å². The molecule has 0 aromatic heterocycles. The molecule has 0 aliphatic carbocycles. The Balaban J connectivity index is 4.13. The van der Waals surface area contributed by atoms with Gasteiger partial charge in [0.1, 0.15) is 0 Å². The molecule has 20 heavy (non-hydrogen) atoms. The molecule has 0 aliphatic rings. The van der Waals surface area contributed by atoms with E-state index < -0.39 is 16.8 Å². The molecular weight excluding hydrogens is 286 g/mol. The molecule has 0 aliphatic heterocycles. The quantitative estimate of drug-likeness (QED) is 0.190. The molecule has 4 heteroatoms. The van der Waals surface area contributed by atoms with E-state index in [0.29, 0.717) is 0 Å². The highest BCUT2D eigenvalue weighted by atomic mass is 28.4. The van der Waals surface area contributed by atoms with Crippen LogP contribution in [0, 0.1) is 0 Å². The number of halogens is 2. The molecule has 0 atom stereocenters. The van der Waals surface area contributed by atoms with Gasteiger partial charge >= 0.3 is 0 Å². The third-order valence-electron chi connectivity index (χ3n) is 4.29. The lowest BCUT2D eigenvalue weighted by atomic mass is 10.4. The first-order valence-corrected chi connectivity index (χ1v) is 13.8. The van der Waals surface area contributed by atoms with Crippen LogP contribution in [0.1, 0.15) is 66.2 Å². The minimum Gasteiger partial charge on any atom is -0.314 e. The van der Waals surface area contributed by atoms with Crippen LogP contribution < -0.4 is 0 Å². The standard InChI is InChI=1S/C16H36F2Si2/c1-5-11-19(17,12-6-2)15-9-10-16-20(18,13-7-3)14-8-4/h5-16H2,1-4H3. The highest BCUT2D eigenvalue weighted by Crippen LogP contribution is 2.32. The predicted molar refractivity (Wildman–Crippen MR) is 93.0 cm³/mol. The van der Waals surface area contributed by atoms with Gasteiger partial charge in [-0.1, -0.05) is 66.2 Å². The molecule has 0 radical (unpaired) electrons. The zero-order valence-electron chi connectivity index (χ0n) is 14.2. The van der Waals surface area contributed by atoms with Crippen LogP contribution in [0.3, 0.4) is 0 Å². The van der Waals surface area contributed by atoms with Crippen LogP contribution in [0.25, 0.3) is 0 Å². The van der Waals surface area contributed by atoms with E-state index in [1.807, 2.05) is 0 Å². The molecule has 0 rings (SSSR count). The summed E-state index contributed by atoms with van der Waals surface area (Å²) in [6.45, 7) is 8.33. The largest absolute Gasteiger partial charge is 0.314 e. The summed E-state index contributed by atoms with van der Waals surface area (Å²) in [6, 6.07) is 4.78. The van der Waals surface area contributed by atoms with Gasteiger partial charge in [0.25, 0.3) is 0 Å². The summed E-state index contributed by atoms with van der Waals surface area (Å²) >= 11 is 0. The number of hydrogen-bond acceptors (Lipinski definition) is 0. The number of hydrogen-bond donors (Lipinski definition) is 0. The van der Waals surface area contributed by atoms with Crippen molar-refractivity contribution < 1.29 is 8.22 Å². The van der Waals surface area contributed by atoms with Crippen LogP contribution in [0.15, 0.2) is 0 Å². The monoisotopic (exact) mass is 322 g/mol. The zero-order chi connectivity index (χ0) is 15.5. The fourth-order valence-electron chi connectivity index (χ4n) is 3.43.